The van der Waals surface area contributed by atoms with Gasteiger partial charge >= 0.3 is 6.18 Å². The lowest BCUT2D eigenvalue weighted by Gasteiger charge is -2.14. The van der Waals surface area contributed by atoms with E-state index >= 15 is 0 Å². The Hall–Kier alpha value is -1.10. The number of aliphatic hydroxyl groups is 1. The van der Waals surface area contributed by atoms with Crippen molar-refractivity contribution in [3.63, 3.8) is 0 Å². The summed E-state index contributed by atoms with van der Waals surface area (Å²) in [6.07, 6.45) is -7.98. The predicted octanol–water partition coefficient (Wildman–Crippen LogP) is 2.60. The van der Waals surface area contributed by atoms with E-state index in [1.165, 1.54) is 12.1 Å². The summed E-state index contributed by atoms with van der Waals surface area (Å²) in [6.45, 7) is 1.64. The van der Waals surface area contributed by atoms with Crippen LogP contribution in [-0.2, 0) is 6.42 Å². The van der Waals surface area contributed by atoms with Crippen LogP contribution in [0.3, 0.4) is 0 Å². The molecule has 1 nitrogen and oxygen atoms in total. The van der Waals surface area contributed by atoms with Gasteiger partial charge in [-0.1, -0.05) is 17.7 Å². The Bertz CT molecular complexity index is 346. The minimum atomic E-state index is -4.71. The molecule has 1 aromatic carbocycles. The molecule has 0 aromatic heterocycles. The third-order valence-electron chi connectivity index (χ3n) is 1.99. The average molecular weight is 222 g/mol. The molecule has 0 spiro atoms. The summed E-state index contributed by atoms with van der Waals surface area (Å²) in [6, 6.07) is 3.84. The van der Waals surface area contributed by atoms with Crippen LogP contribution >= 0.6 is 0 Å². The van der Waals surface area contributed by atoms with Gasteiger partial charge in [0.25, 0.3) is 0 Å². The van der Waals surface area contributed by atoms with E-state index in [1.54, 1.807) is 6.92 Å². The van der Waals surface area contributed by atoms with Gasteiger partial charge in [0.2, 0.25) is 0 Å². The summed E-state index contributed by atoms with van der Waals surface area (Å²) in [5.41, 5.74) is 0.528. The summed E-state index contributed by atoms with van der Waals surface area (Å²) in [4.78, 5) is 0. The van der Waals surface area contributed by atoms with Crippen molar-refractivity contribution in [3.05, 3.63) is 35.1 Å². The zero-order valence-corrected chi connectivity index (χ0v) is 7.98. The van der Waals surface area contributed by atoms with Gasteiger partial charge in [-0.3, -0.25) is 0 Å². The Kier molecular flexibility index (Phi) is 3.34. The van der Waals surface area contributed by atoms with Crippen LogP contribution < -0.4 is 0 Å². The lowest BCUT2D eigenvalue weighted by molar-refractivity contribution is -0.203. The highest BCUT2D eigenvalue weighted by Gasteiger charge is 2.38. The predicted molar refractivity (Wildman–Crippen MR) is 46.9 cm³/mol. The van der Waals surface area contributed by atoms with E-state index in [4.69, 9.17) is 5.11 Å². The largest absolute Gasteiger partial charge is 0.414 e. The van der Waals surface area contributed by atoms with Gasteiger partial charge < -0.3 is 5.11 Å². The summed E-state index contributed by atoms with van der Waals surface area (Å²) in [5, 5.41) is 8.76. The molecule has 15 heavy (non-hydrogen) atoms. The highest BCUT2D eigenvalue weighted by atomic mass is 19.4. The Labute approximate surface area is 84.3 Å². The fraction of sp³-hybridized carbons (Fsp3) is 0.400. The van der Waals surface area contributed by atoms with Gasteiger partial charge in [-0.25, -0.2) is 4.39 Å². The van der Waals surface area contributed by atoms with Crippen LogP contribution in [0.2, 0.25) is 0 Å². The lowest BCUT2D eigenvalue weighted by Crippen LogP contribution is -2.30. The zero-order chi connectivity index (χ0) is 11.6. The fourth-order valence-electron chi connectivity index (χ4n) is 1.18. The Balaban J connectivity index is 2.85. The molecule has 0 saturated carbocycles. The van der Waals surface area contributed by atoms with Crippen LogP contribution in [0.4, 0.5) is 17.6 Å². The van der Waals surface area contributed by atoms with Crippen molar-refractivity contribution in [3.8, 4) is 0 Å². The number of hydrogen-bond donors (Lipinski definition) is 1. The van der Waals surface area contributed by atoms with Crippen LogP contribution in [-0.4, -0.2) is 17.4 Å². The third-order valence-corrected chi connectivity index (χ3v) is 1.99. The van der Waals surface area contributed by atoms with Crippen molar-refractivity contribution in [1.29, 1.82) is 0 Å². The highest BCUT2D eigenvalue weighted by molar-refractivity contribution is 5.24. The molecule has 0 aliphatic carbocycles. The van der Waals surface area contributed by atoms with Gasteiger partial charge in [0.15, 0.2) is 6.10 Å². The molecular formula is C10H10F4O. The molecule has 1 unspecified atom stereocenters. The fourth-order valence-corrected chi connectivity index (χ4v) is 1.18. The van der Waals surface area contributed by atoms with E-state index in [0.29, 0.717) is 5.56 Å². The number of halogens is 4. The molecule has 1 rings (SSSR count). The van der Waals surface area contributed by atoms with Crippen molar-refractivity contribution in [1.82, 2.24) is 0 Å². The Morgan fingerprint density at radius 2 is 1.93 bits per heavy atom. The second-order valence-corrected chi connectivity index (χ2v) is 3.36. The highest BCUT2D eigenvalue weighted by Crippen LogP contribution is 2.24. The third kappa shape index (κ3) is 3.20. The molecule has 1 N–H and O–H groups in total. The minimum absolute atomic E-state index is 0.125. The number of alkyl halides is 3. The van der Waals surface area contributed by atoms with Crippen molar-refractivity contribution in [2.24, 2.45) is 0 Å². The summed E-state index contributed by atoms with van der Waals surface area (Å²) in [5.74, 6) is -0.733. The molecule has 5 heteroatoms. The number of aliphatic hydroxyl groups excluding tert-OH is 1. The van der Waals surface area contributed by atoms with Crippen molar-refractivity contribution in [2.75, 3.05) is 0 Å². The SMILES string of the molecule is Cc1ccc(F)c(CC(O)C(F)(F)F)c1. The summed E-state index contributed by atoms with van der Waals surface area (Å²) in [7, 11) is 0. The van der Waals surface area contributed by atoms with Crippen molar-refractivity contribution >= 4 is 0 Å². The smallest absolute Gasteiger partial charge is 0.383 e. The van der Waals surface area contributed by atoms with Crippen molar-refractivity contribution in [2.45, 2.75) is 25.6 Å². The first-order valence-corrected chi connectivity index (χ1v) is 4.30. The quantitative estimate of drug-likeness (QED) is 0.762. The first kappa shape index (κ1) is 12.0. The van der Waals surface area contributed by atoms with Crippen molar-refractivity contribution < 1.29 is 22.7 Å². The molecule has 1 aromatic rings. The molecule has 0 heterocycles. The number of benzene rings is 1. The van der Waals surface area contributed by atoms with Crippen LogP contribution in [0, 0.1) is 12.7 Å². The molecule has 0 bridgehead atoms. The molecule has 0 amide bonds. The zero-order valence-electron chi connectivity index (χ0n) is 7.98. The van der Waals surface area contributed by atoms with Crippen LogP contribution in [0.15, 0.2) is 18.2 Å². The maximum absolute atomic E-state index is 13.0. The van der Waals surface area contributed by atoms with Gasteiger partial charge in [0.1, 0.15) is 5.82 Å². The normalized spacial score (nSPS) is 14.0. The molecule has 0 aliphatic rings. The first-order valence-electron chi connectivity index (χ1n) is 4.30. The van der Waals surface area contributed by atoms with Crippen LogP contribution in [0.25, 0.3) is 0 Å². The van der Waals surface area contributed by atoms with Gasteiger partial charge in [-0.15, -0.1) is 0 Å². The van der Waals surface area contributed by atoms with E-state index in [0.717, 1.165) is 6.07 Å². The molecule has 1 atom stereocenters. The van der Waals surface area contributed by atoms with E-state index in [1.807, 2.05) is 0 Å². The maximum atomic E-state index is 13.0. The van der Waals surface area contributed by atoms with E-state index in [-0.39, 0.29) is 5.56 Å². The maximum Gasteiger partial charge on any atom is 0.414 e. The number of aryl methyl sites for hydroxylation is 1. The van der Waals surface area contributed by atoms with E-state index in [9.17, 15) is 17.6 Å². The molecule has 0 radical (unpaired) electrons. The molecule has 0 aliphatic heterocycles. The van der Waals surface area contributed by atoms with Gasteiger partial charge in [-0.2, -0.15) is 13.2 Å². The standard InChI is InChI=1S/C10H10F4O/c1-6-2-3-8(11)7(4-6)5-9(15)10(12,13)14/h2-4,9,15H,5H2,1H3. The van der Waals surface area contributed by atoms with E-state index < -0.39 is 24.5 Å². The van der Waals surface area contributed by atoms with Crippen LogP contribution in [0.1, 0.15) is 11.1 Å². The minimum Gasteiger partial charge on any atom is -0.383 e. The Morgan fingerprint density at radius 3 is 2.47 bits per heavy atom. The number of rotatable bonds is 2. The van der Waals surface area contributed by atoms with Gasteiger partial charge in [0.05, 0.1) is 0 Å². The Morgan fingerprint density at radius 1 is 1.33 bits per heavy atom. The lowest BCUT2D eigenvalue weighted by atomic mass is 10.0. The topological polar surface area (TPSA) is 20.2 Å². The summed E-state index contributed by atoms with van der Waals surface area (Å²) < 4.78 is 49.0. The van der Waals surface area contributed by atoms with Crippen LogP contribution in [0.5, 0.6) is 0 Å². The molecular weight excluding hydrogens is 212 g/mol. The van der Waals surface area contributed by atoms with E-state index in [2.05, 4.69) is 0 Å². The second kappa shape index (κ2) is 4.18. The van der Waals surface area contributed by atoms with Gasteiger partial charge in [0, 0.05) is 6.42 Å². The molecule has 0 fully saturated rings. The first-order chi connectivity index (χ1) is 6.80. The molecule has 84 valence electrons. The van der Waals surface area contributed by atoms with Gasteiger partial charge in [-0.05, 0) is 18.6 Å². The second-order valence-electron chi connectivity index (χ2n) is 3.36. The number of hydrogen-bond acceptors (Lipinski definition) is 1. The average Bonchev–Trinajstić information content (AvgIpc) is 2.09. The monoisotopic (exact) mass is 222 g/mol. The molecule has 0 saturated heterocycles. The summed E-state index contributed by atoms with van der Waals surface area (Å²) >= 11 is 0.